The Kier molecular flexibility index (Phi) is 4.93. The van der Waals surface area contributed by atoms with Crippen LogP contribution in [0.4, 0.5) is 19.3 Å². The molecule has 0 aliphatic carbocycles. The SMILES string of the molecule is C[C@@H]1CN(C(=O)Nc2cc(F)c(Br)c(F)c2)CCCO1. The lowest BCUT2D eigenvalue weighted by molar-refractivity contribution is 0.0718. The maximum absolute atomic E-state index is 13.4. The number of anilines is 1. The normalized spacial score (nSPS) is 19.6. The average molecular weight is 349 g/mol. The van der Waals surface area contributed by atoms with Gasteiger partial charge in [-0.05, 0) is 41.4 Å². The molecule has 1 aliphatic rings. The highest BCUT2D eigenvalue weighted by Crippen LogP contribution is 2.24. The van der Waals surface area contributed by atoms with E-state index in [1.165, 1.54) is 0 Å². The minimum absolute atomic E-state index is 0.0540. The van der Waals surface area contributed by atoms with E-state index in [2.05, 4.69) is 21.2 Å². The van der Waals surface area contributed by atoms with Gasteiger partial charge in [0.1, 0.15) is 11.6 Å². The van der Waals surface area contributed by atoms with Crippen LogP contribution in [0.25, 0.3) is 0 Å². The van der Waals surface area contributed by atoms with Gasteiger partial charge in [-0.1, -0.05) is 0 Å². The molecule has 0 radical (unpaired) electrons. The van der Waals surface area contributed by atoms with E-state index in [1.807, 2.05) is 6.92 Å². The van der Waals surface area contributed by atoms with E-state index in [4.69, 9.17) is 4.74 Å². The van der Waals surface area contributed by atoms with Crippen molar-refractivity contribution in [2.24, 2.45) is 0 Å². The summed E-state index contributed by atoms with van der Waals surface area (Å²) in [4.78, 5) is 13.7. The fourth-order valence-corrected chi connectivity index (χ4v) is 2.24. The first-order valence-electron chi connectivity index (χ1n) is 6.29. The maximum Gasteiger partial charge on any atom is 0.321 e. The lowest BCUT2D eigenvalue weighted by Crippen LogP contribution is -2.38. The van der Waals surface area contributed by atoms with Gasteiger partial charge in [-0.3, -0.25) is 0 Å². The van der Waals surface area contributed by atoms with Crippen LogP contribution in [0.2, 0.25) is 0 Å². The zero-order valence-electron chi connectivity index (χ0n) is 11.0. The average Bonchev–Trinajstić information content (AvgIpc) is 2.60. The molecule has 0 bridgehead atoms. The number of carbonyl (C=O) groups excluding carboxylic acids is 1. The van der Waals surface area contributed by atoms with Gasteiger partial charge in [-0.15, -0.1) is 0 Å². The Morgan fingerprint density at radius 2 is 2.10 bits per heavy atom. The van der Waals surface area contributed by atoms with E-state index in [1.54, 1.807) is 4.90 Å². The number of nitrogens with zero attached hydrogens (tertiary/aromatic N) is 1. The summed E-state index contributed by atoms with van der Waals surface area (Å²) in [5, 5.41) is 2.50. The minimum atomic E-state index is -0.757. The first-order valence-corrected chi connectivity index (χ1v) is 7.08. The van der Waals surface area contributed by atoms with Gasteiger partial charge in [-0.2, -0.15) is 0 Å². The summed E-state index contributed by atoms with van der Waals surface area (Å²) in [6.07, 6.45) is 0.683. The Morgan fingerprint density at radius 1 is 1.45 bits per heavy atom. The molecule has 20 heavy (non-hydrogen) atoms. The predicted molar refractivity (Wildman–Crippen MR) is 74.7 cm³/mol. The molecule has 0 aromatic heterocycles. The minimum Gasteiger partial charge on any atom is -0.377 e. The van der Waals surface area contributed by atoms with Crippen molar-refractivity contribution in [3.05, 3.63) is 28.2 Å². The second-order valence-corrected chi connectivity index (χ2v) is 5.46. The summed E-state index contributed by atoms with van der Waals surface area (Å²) in [6, 6.07) is 1.76. The van der Waals surface area contributed by atoms with Gasteiger partial charge < -0.3 is 15.0 Å². The number of ether oxygens (including phenoxy) is 1. The Morgan fingerprint density at radius 3 is 2.75 bits per heavy atom. The molecular formula is C13H15BrF2N2O2. The number of rotatable bonds is 1. The van der Waals surface area contributed by atoms with Crippen molar-refractivity contribution in [1.82, 2.24) is 4.90 Å². The van der Waals surface area contributed by atoms with Crippen molar-refractivity contribution >= 4 is 27.6 Å². The van der Waals surface area contributed by atoms with Crippen LogP contribution in [0.3, 0.4) is 0 Å². The lowest BCUT2D eigenvalue weighted by Gasteiger charge is -2.22. The second-order valence-electron chi connectivity index (χ2n) is 4.67. The molecule has 1 N–H and O–H groups in total. The fraction of sp³-hybridized carbons (Fsp3) is 0.462. The first kappa shape index (κ1) is 15.2. The molecule has 1 heterocycles. The number of hydrogen-bond acceptors (Lipinski definition) is 2. The Labute approximate surface area is 124 Å². The monoisotopic (exact) mass is 348 g/mol. The number of amides is 2. The highest BCUT2D eigenvalue weighted by molar-refractivity contribution is 9.10. The Bertz CT molecular complexity index is 490. The van der Waals surface area contributed by atoms with Crippen molar-refractivity contribution in [3.8, 4) is 0 Å². The number of halogens is 3. The van der Waals surface area contributed by atoms with E-state index in [-0.39, 0.29) is 22.3 Å². The highest BCUT2D eigenvalue weighted by atomic mass is 79.9. The topological polar surface area (TPSA) is 41.6 Å². The molecule has 4 nitrogen and oxygen atoms in total. The molecule has 0 unspecified atom stereocenters. The molecule has 2 amide bonds. The van der Waals surface area contributed by atoms with E-state index in [0.29, 0.717) is 19.7 Å². The van der Waals surface area contributed by atoms with Crippen molar-refractivity contribution < 1.29 is 18.3 Å². The van der Waals surface area contributed by atoms with Crippen LogP contribution in [-0.2, 0) is 4.74 Å². The first-order chi connectivity index (χ1) is 9.47. The third-order valence-corrected chi connectivity index (χ3v) is 3.73. The van der Waals surface area contributed by atoms with Crippen LogP contribution in [0.1, 0.15) is 13.3 Å². The number of carbonyl (C=O) groups is 1. The summed E-state index contributed by atoms with van der Waals surface area (Å²) in [5.41, 5.74) is 0.0889. The van der Waals surface area contributed by atoms with Crippen LogP contribution in [0, 0.1) is 11.6 Å². The van der Waals surface area contributed by atoms with Gasteiger partial charge in [0.15, 0.2) is 0 Å². The molecule has 1 atom stereocenters. The summed E-state index contributed by atoms with van der Waals surface area (Å²) in [5.74, 6) is -1.51. The standard InChI is InChI=1S/C13H15BrF2N2O2/c1-8-7-18(3-2-4-20-8)13(19)17-9-5-10(15)12(14)11(16)6-9/h5-6,8H,2-4,7H2,1H3,(H,17,19)/t8-/m1/s1. The van der Waals surface area contributed by atoms with Crippen LogP contribution in [0.5, 0.6) is 0 Å². The Hall–Kier alpha value is -1.21. The quantitative estimate of drug-likeness (QED) is 0.790. The molecule has 1 saturated heterocycles. The van der Waals surface area contributed by atoms with Gasteiger partial charge in [0, 0.05) is 25.4 Å². The van der Waals surface area contributed by atoms with Gasteiger partial charge in [0.05, 0.1) is 10.6 Å². The highest BCUT2D eigenvalue weighted by Gasteiger charge is 2.20. The molecule has 2 rings (SSSR count). The molecule has 110 valence electrons. The van der Waals surface area contributed by atoms with E-state index < -0.39 is 11.6 Å². The van der Waals surface area contributed by atoms with Crippen LogP contribution >= 0.6 is 15.9 Å². The summed E-state index contributed by atoms with van der Waals surface area (Å²) in [7, 11) is 0. The van der Waals surface area contributed by atoms with Crippen molar-refractivity contribution in [1.29, 1.82) is 0 Å². The van der Waals surface area contributed by atoms with E-state index in [0.717, 1.165) is 18.6 Å². The number of benzene rings is 1. The van der Waals surface area contributed by atoms with Crippen LogP contribution in [-0.4, -0.2) is 36.7 Å². The lowest BCUT2D eigenvalue weighted by atomic mass is 10.3. The zero-order valence-corrected chi connectivity index (χ0v) is 12.5. The van der Waals surface area contributed by atoms with Crippen LogP contribution in [0.15, 0.2) is 16.6 Å². The van der Waals surface area contributed by atoms with Crippen molar-refractivity contribution in [2.45, 2.75) is 19.4 Å². The smallest absolute Gasteiger partial charge is 0.321 e. The van der Waals surface area contributed by atoms with Gasteiger partial charge in [0.2, 0.25) is 0 Å². The van der Waals surface area contributed by atoms with Gasteiger partial charge in [-0.25, -0.2) is 13.6 Å². The third kappa shape index (κ3) is 3.67. The van der Waals surface area contributed by atoms with Crippen molar-refractivity contribution in [3.63, 3.8) is 0 Å². The number of urea groups is 1. The molecule has 1 fully saturated rings. The van der Waals surface area contributed by atoms with Gasteiger partial charge in [0.25, 0.3) is 0 Å². The Balaban J connectivity index is 2.07. The maximum atomic E-state index is 13.4. The fourth-order valence-electron chi connectivity index (χ4n) is 2.01. The molecule has 0 saturated carbocycles. The van der Waals surface area contributed by atoms with Gasteiger partial charge >= 0.3 is 6.03 Å². The number of nitrogens with one attached hydrogen (secondary N) is 1. The number of hydrogen-bond donors (Lipinski definition) is 1. The summed E-state index contributed by atoms with van der Waals surface area (Å²) >= 11 is 2.78. The molecule has 1 aromatic carbocycles. The second kappa shape index (κ2) is 6.49. The molecule has 1 aliphatic heterocycles. The molecule has 1 aromatic rings. The summed E-state index contributed by atoms with van der Waals surface area (Å²) in [6.45, 7) is 3.49. The molecular weight excluding hydrogens is 334 g/mol. The molecule has 0 spiro atoms. The van der Waals surface area contributed by atoms with E-state index >= 15 is 0 Å². The molecule has 7 heteroatoms. The zero-order chi connectivity index (χ0) is 14.7. The largest absolute Gasteiger partial charge is 0.377 e. The third-order valence-electron chi connectivity index (χ3n) is 2.97. The van der Waals surface area contributed by atoms with E-state index in [9.17, 15) is 13.6 Å². The summed E-state index contributed by atoms with van der Waals surface area (Å²) < 4.78 is 32.0. The van der Waals surface area contributed by atoms with Crippen LogP contribution < -0.4 is 5.32 Å². The van der Waals surface area contributed by atoms with Crippen molar-refractivity contribution in [2.75, 3.05) is 25.0 Å². The predicted octanol–water partition coefficient (Wildman–Crippen LogP) is 3.37.